The second-order valence-corrected chi connectivity index (χ2v) is 14.6. The minimum absolute atomic E-state index is 0.0633. The molecule has 38 heavy (non-hydrogen) atoms. The Bertz CT molecular complexity index is 601. The monoisotopic (exact) mass is 576 g/mol. The van der Waals surface area contributed by atoms with Crippen molar-refractivity contribution < 1.29 is 4.48 Å². The second-order valence-electron chi connectivity index (χ2n) is 13.4. The number of quaternary nitrogens is 1. The van der Waals surface area contributed by atoms with Crippen molar-refractivity contribution in [1.82, 2.24) is 19.6 Å². The van der Waals surface area contributed by atoms with Crippen molar-refractivity contribution in [3.63, 3.8) is 0 Å². The van der Waals surface area contributed by atoms with Gasteiger partial charge >= 0.3 is 0 Å². The maximum Gasteiger partial charge on any atom is 0.114 e. The molecule has 2 bridgehead atoms. The van der Waals surface area contributed by atoms with Crippen molar-refractivity contribution in [3.05, 3.63) is 0 Å². The fourth-order valence-corrected chi connectivity index (χ4v) is 6.95. The van der Waals surface area contributed by atoms with Crippen molar-refractivity contribution in [2.45, 2.75) is 101 Å². The van der Waals surface area contributed by atoms with Crippen molar-refractivity contribution in [2.24, 2.45) is 0 Å². The van der Waals surface area contributed by atoms with Crippen molar-refractivity contribution in [2.75, 3.05) is 100 Å². The lowest BCUT2D eigenvalue weighted by molar-refractivity contribution is -0.870. The molecule has 2 fully saturated rings. The van der Waals surface area contributed by atoms with E-state index in [0.29, 0.717) is 0 Å². The zero-order valence-corrected chi connectivity index (χ0v) is 27.6. The molecule has 7 heteroatoms. The third kappa shape index (κ3) is 13.8. The first-order valence-corrected chi connectivity index (χ1v) is 17.0. The maximum atomic E-state index is 7.70. The van der Waals surface area contributed by atoms with Crippen molar-refractivity contribution in [1.29, 1.82) is 0 Å². The molecule has 0 N–H and O–H groups in total. The molecular formula is C31H64Cl2N5+. The molecule has 0 amide bonds. The highest BCUT2D eigenvalue weighted by molar-refractivity contribution is 6.32. The molecule has 2 rings (SSSR count). The van der Waals surface area contributed by atoms with Gasteiger partial charge in [0, 0.05) is 58.8 Å². The normalized spacial score (nSPS) is 29.0. The fourth-order valence-electron chi connectivity index (χ4n) is 6.13. The van der Waals surface area contributed by atoms with Gasteiger partial charge in [0.05, 0.1) is 33.1 Å². The first kappa shape index (κ1) is 34.6. The molecule has 2 aliphatic heterocycles. The lowest BCUT2D eigenvalue weighted by atomic mass is 9.99. The number of rotatable bonds is 15. The van der Waals surface area contributed by atoms with Gasteiger partial charge in [-0.1, -0.05) is 71.1 Å². The Morgan fingerprint density at radius 3 is 2.00 bits per heavy atom. The number of unbranched alkanes of at least 4 members (excludes halogenated alkanes) is 9. The maximum absolute atomic E-state index is 7.70. The Labute approximate surface area is 247 Å². The van der Waals surface area contributed by atoms with E-state index in [9.17, 15) is 0 Å². The Morgan fingerprint density at radius 2 is 1.34 bits per heavy atom. The molecular weight excluding hydrogens is 513 g/mol. The first-order chi connectivity index (χ1) is 18.1. The first-order valence-electron chi connectivity index (χ1n) is 16.2. The summed E-state index contributed by atoms with van der Waals surface area (Å²) in [5.41, 5.74) is 0. The lowest BCUT2D eigenvalue weighted by Gasteiger charge is -2.46. The summed E-state index contributed by atoms with van der Waals surface area (Å²) in [6.45, 7) is 14.3. The van der Waals surface area contributed by atoms with E-state index < -0.39 is 5.00 Å². The van der Waals surface area contributed by atoms with Gasteiger partial charge in [-0.05, 0) is 33.0 Å². The third-order valence-corrected chi connectivity index (χ3v) is 10.1. The van der Waals surface area contributed by atoms with Gasteiger partial charge in [0.1, 0.15) is 5.00 Å². The summed E-state index contributed by atoms with van der Waals surface area (Å²) in [7, 11) is 9.14. The molecule has 2 saturated heterocycles. The van der Waals surface area contributed by atoms with E-state index in [0.717, 1.165) is 69.8 Å². The van der Waals surface area contributed by atoms with Crippen LogP contribution >= 0.6 is 23.2 Å². The van der Waals surface area contributed by atoms with E-state index in [1.54, 1.807) is 0 Å². The zero-order valence-electron chi connectivity index (χ0n) is 26.0. The molecule has 0 aromatic rings. The second kappa shape index (κ2) is 18.7. The average molecular weight is 578 g/mol. The quantitative estimate of drug-likeness (QED) is 0.0996. The van der Waals surface area contributed by atoms with E-state index in [-0.39, 0.29) is 5.38 Å². The summed E-state index contributed by atoms with van der Waals surface area (Å²) >= 11 is 15.1. The van der Waals surface area contributed by atoms with Gasteiger partial charge in [-0.2, -0.15) is 0 Å². The predicted molar refractivity (Wildman–Crippen MR) is 169 cm³/mol. The van der Waals surface area contributed by atoms with Crippen LogP contribution in [0.25, 0.3) is 0 Å². The number of halogens is 2. The summed E-state index contributed by atoms with van der Waals surface area (Å²) in [6.07, 6.45) is 17.0. The highest BCUT2D eigenvalue weighted by Crippen LogP contribution is 2.36. The third-order valence-electron chi connectivity index (χ3n) is 8.79. The Balaban J connectivity index is 2.01. The van der Waals surface area contributed by atoms with Crippen LogP contribution < -0.4 is 0 Å². The topological polar surface area (TPSA) is 13.0 Å². The van der Waals surface area contributed by atoms with E-state index in [4.69, 9.17) is 23.2 Å². The van der Waals surface area contributed by atoms with Crippen LogP contribution in [0.4, 0.5) is 0 Å². The summed E-state index contributed by atoms with van der Waals surface area (Å²) in [4.78, 5) is 9.90. The van der Waals surface area contributed by atoms with Crippen LogP contribution in [0, 0.1) is 0 Å². The van der Waals surface area contributed by atoms with E-state index in [1.807, 2.05) is 0 Å². The molecule has 4 unspecified atom stereocenters. The van der Waals surface area contributed by atoms with Gasteiger partial charge in [-0.15, -0.1) is 23.2 Å². The lowest BCUT2D eigenvalue weighted by Crippen LogP contribution is -2.59. The molecule has 4 atom stereocenters. The fraction of sp³-hybridized carbons (Fsp3) is 1.00. The van der Waals surface area contributed by atoms with Gasteiger partial charge in [-0.3, -0.25) is 4.90 Å². The number of nitrogens with zero attached hydrogens (tertiary/aromatic N) is 5. The molecule has 0 aromatic carbocycles. The van der Waals surface area contributed by atoms with Crippen molar-refractivity contribution in [3.8, 4) is 0 Å². The summed E-state index contributed by atoms with van der Waals surface area (Å²) in [5, 5.41) is -0.0633. The smallest absolute Gasteiger partial charge is 0.114 e. The molecule has 0 saturated carbocycles. The number of hydrogen-bond donors (Lipinski definition) is 0. The van der Waals surface area contributed by atoms with E-state index >= 15 is 0 Å². The number of fused-ring (bicyclic) bond motifs is 3. The average Bonchev–Trinajstić information content (AvgIpc) is 2.86. The standard InChI is InChI=1S/C31H64Cl2N5/c1-6-7-8-9-10-11-12-13-14-15-18-31(33)30(32)29-36(21-17-28-38(3,4)5)24-23-35-20-16-19-34(2)22-26-37(31)27-25-35/h30H,6-29H2,1-5H3/q+1. The minimum Gasteiger partial charge on any atom is -0.331 e. The zero-order chi connectivity index (χ0) is 27.9. The van der Waals surface area contributed by atoms with E-state index in [2.05, 4.69) is 54.7 Å². The van der Waals surface area contributed by atoms with Crippen LogP contribution in [0.2, 0.25) is 0 Å². The summed E-state index contributed by atoms with van der Waals surface area (Å²) < 4.78 is 1.02. The summed E-state index contributed by atoms with van der Waals surface area (Å²) in [6, 6.07) is 0. The minimum atomic E-state index is -0.469. The number of alkyl halides is 2. The highest BCUT2D eigenvalue weighted by Gasteiger charge is 2.42. The van der Waals surface area contributed by atoms with Crippen LogP contribution in [-0.2, 0) is 0 Å². The van der Waals surface area contributed by atoms with Gasteiger partial charge in [0.15, 0.2) is 0 Å². The Kier molecular flexibility index (Phi) is 17.1. The van der Waals surface area contributed by atoms with Gasteiger partial charge < -0.3 is 19.2 Å². The molecule has 5 nitrogen and oxygen atoms in total. The van der Waals surface area contributed by atoms with Crippen LogP contribution in [0.1, 0.15) is 90.4 Å². The van der Waals surface area contributed by atoms with Crippen LogP contribution in [0.3, 0.4) is 0 Å². The van der Waals surface area contributed by atoms with Gasteiger partial charge in [-0.25, -0.2) is 0 Å². The molecule has 0 aromatic heterocycles. The van der Waals surface area contributed by atoms with Crippen molar-refractivity contribution >= 4 is 23.2 Å². The highest BCUT2D eigenvalue weighted by atomic mass is 35.5. The van der Waals surface area contributed by atoms with Gasteiger partial charge in [0.2, 0.25) is 0 Å². The molecule has 0 aliphatic carbocycles. The van der Waals surface area contributed by atoms with Crippen LogP contribution in [0.5, 0.6) is 0 Å². The summed E-state index contributed by atoms with van der Waals surface area (Å²) in [5.74, 6) is 0. The molecule has 226 valence electrons. The predicted octanol–water partition coefficient (Wildman–Crippen LogP) is 6.19. The van der Waals surface area contributed by atoms with Crippen LogP contribution in [-0.4, -0.2) is 135 Å². The number of likely N-dealkylation sites (N-methyl/N-ethyl adjacent to an activating group) is 1. The Morgan fingerprint density at radius 1 is 0.737 bits per heavy atom. The molecule has 2 heterocycles. The van der Waals surface area contributed by atoms with Crippen LogP contribution in [0.15, 0.2) is 0 Å². The molecule has 2 aliphatic rings. The van der Waals surface area contributed by atoms with E-state index in [1.165, 1.54) is 90.1 Å². The SMILES string of the molecule is CCCCCCCCCCCCC1(Cl)C(Cl)CN(CCC[N+](C)(C)C)CCN2CCCN(C)CCN1CC2. The Hall–Kier alpha value is 0.380. The number of hydrogen-bond acceptors (Lipinski definition) is 4. The molecule has 0 radical (unpaired) electrons. The van der Waals surface area contributed by atoms with Gasteiger partial charge in [0.25, 0.3) is 0 Å². The largest absolute Gasteiger partial charge is 0.331 e. The molecule has 0 spiro atoms.